The van der Waals surface area contributed by atoms with Gasteiger partial charge in [-0.05, 0) is 58.5 Å². The summed E-state index contributed by atoms with van der Waals surface area (Å²) in [4.78, 5) is 11.5. The van der Waals surface area contributed by atoms with Crippen molar-refractivity contribution in [3.05, 3.63) is 17.3 Å². The molecule has 1 aromatic rings. The number of nitrogens with one attached hydrogen (secondary N) is 1. The average Bonchev–Trinajstić information content (AvgIpc) is 2.92. The molecule has 0 spiro atoms. The summed E-state index contributed by atoms with van der Waals surface area (Å²) < 4.78 is 5.70. The van der Waals surface area contributed by atoms with Crippen LogP contribution in [0.1, 0.15) is 62.3 Å². The molecule has 1 aromatic heterocycles. The monoisotopic (exact) mass is 475 g/mol. The Kier molecular flexibility index (Phi) is 8.66. The van der Waals surface area contributed by atoms with Crippen LogP contribution in [0.2, 0.25) is 0 Å². The second kappa shape index (κ2) is 10.5. The molecule has 0 radical (unpaired) electrons. The van der Waals surface area contributed by atoms with Crippen LogP contribution in [-0.2, 0) is 6.54 Å². The van der Waals surface area contributed by atoms with Gasteiger partial charge in [0.1, 0.15) is 5.76 Å². The van der Waals surface area contributed by atoms with Gasteiger partial charge in [-0.15, -0.1) is 24.0 Å². The molecule has 2 heterocycles. The van der Waals surface area contributed by atoms with E-state index in [1.807, 2.05) is 13.8 Å². The molecule has 3 N–H and O–H groups in total. The first-order valence-corrected chi connectivity index (χ1v) is 9.82. The van der Waals surface area contributed by atoms with E-state index in [-0.39, 0.29) is 24.0 Å². The number of hydrogen-bond donors (Lipinski definition) is 2. The molecule has 0 atom stereocenters. The van der Waals surface area contributed by atoms with Gasteiger partial charge in [-0.25, -0.2) is 4.98 Å². The van der Waals surface area contributed by atoms with E-state index >= 15 is 0 Å². The Bertz CT molecular complexity index is 555. The summed E-state index contributed by atoms with van der Waals surface area (Å²) in [6, 6.07) is 0.534. The summed E-state index contributed by atoms with van der Waals surface area (Å²) >= 11 is 0. The average molecular weight is 475 g/mol. The first kappa shape index (κ1) is 21.5. The van der Waals surface area contributed by atoms with E-state index in [1.54, 1.807) is 0 Å². The molecular weight excluding hydrogens is 441 g/mol. The Labute approximate surface area is 174 Å². The maximum atomic E-state index is 6.08. The van der Waals surface area contributed by atoms with Gasteiger partial charge in [0.05, 0.1) is 12.2 Å². The number of rotatable bonds is 5. The van der Waals surface area contributed by atoms with E-state index in [9.17, 15) is 0 Å². The molecule has 1 saturated carbocycles. The Hall–Kier alpha value is -0.830. The zero-order chi connectivity index (χ0) is 17.6. The standard InChI is InChI=1S/C19H33N5O.HI/c1-14-15(2)25-18(22-14)13-24-10-8-16(9-11-24)12-21-19(20)23-17-6-4-3-5-7-17;/h16-17H,3-13H2,1-2H3,(H3,20,21,23);1H. The Balaban J connectivity index is 0.00000243. The van der Waals surface area contributed by atoms with Gasteiger partial charge in [0.15, 0.2) is 5.96 Å². The van der Waals surface area contributed by atoms with Crippen molar-refractivity contribution in [2.45, 2.75) is 71.4 Å². The Morgan fingerprint density at radius 2 is 1.88 bits per heavy atom. The molecule has 2 fully saturated rings. The van der Waals surface area contributed by atoms with Crippen LogP contribution in [0.5, 0.6) is 0 Å². The third-order valence-electron chi connectivity index (χ3n) is 5.62. The highest BCUT2D eigenvalue weighted by Crippen LogP contribution is 2.20. The van der Waals surface area contributed by atoms with Gasteiger partial charge < -0.3 is 15.5 Å². The zero-order valence-corrected chi connectivity index (χ0v) is 18.5. The second-order valence-corrected chi connectivity index (χ2v) is 7.67. The number of nitrogens with two attached hydrogens (primary N) is 1. The largest absolute Gasteiger partial charge is 0.444 e. The molecule has 26 heavy (non-hydrogen) atoms. The molecule has 1 saturated heterocycles. The first-order valence-electron chi connectivity index (χ1n) is 9.82. The molecule has 0 aromatic carbocycles. The number of likely N-dealkylation sites (tertiary alicyclic amines) is 1. The lowest BCUT2D eigenvalue weighted by Gasteiger charge is -2.30. The van der Waals surface area contributed by atoms with E-state index in [0.29, 0.717) is 17.9 Å². The van der Waals surface area contributed by atoms with Crippen LogP contribution in [0.25, 0.3) is 0 Å². The molecule has 148 valence electrons. The lowest BCUT2D eigenvalue weighted by Crippen LogP contribution is -2.41. The number of aryl methyl sites for hydroxylation is 2. The number of aromatic nitrogens is 1. The molecule has 0 amide bonds. The quantitative estimate of drug-likeness (QED) is 0.388. The number of hydrogen-bond acceptors (Lipinski definition) is 4. The normalized spacial score (nSPS) is 20.8. The lowest BCUT2D eigenvalue weighted by atomic mass is 9.95. The highest BCUT2D eigenvalue weighted by Gasteiger charge is 2.21. The van der Waals surface area contributed by atoms with Gasteiger partial charge in [0.2, 0.25) is 5.89 Å². The molecule has 7 heteroatoms. The summed E-state index contributed by atoms with van der Waals surface area (Å²) in [6.45, 7) is 7.79. The molecule has 2 aliphatic rings. The molecular formula is C19H34IN5O. The first-order chi connectivity index (χ1) is 12.1. The molecule has 6 nitrogen and oxygen atoms in total. The third-order valence-corrected chi connectivity index (χ3v) is 5.62. The molecule has 1 aliphatic carbocycles. The molecule has 0 unspecified atom stereocenters. The van der Waals surface area contributed by atoms with Crippen molar-refractivity contribution in [1.82, 2.24) is 15.2 Å². The van der Waals surface area contributed by atoms with Crippen molar-refractivity contribution >= 4 is 29.9 Å². The lowest BCUT2D eigenvalue weighted by molar-refractivity contribution is 0.166. The SMILES string of the molecule is Cc1nc(CN2CCC(CN=C(N)NC3CCCCC3)CC2)oc1C.I. The fraction of sp³-hybridized carbons (Fsp3) is 0.789. The van der Waals surface area contributed by atoms with Crippen LogP contribution in [0, 0.1) is 19.8 Å². The number of aliphatic imine (C=N–C) groups is 1. The van der Waals surface area contributed by atoms with Crippen molar-refractivity contribution in [2.24, 2.45) is 16.6 Å². The predicted octanol–water partition coefficient (Wildman–Crippen LogP) is 3.36. The fourth-order valence-electron chi connectivity index (χ4n) is 3.85. The minimum atomic E-state index is 0. The number of guanidine groups is 1. The summed E-state index contributed by atoms with van der Waals surface area (Å²) in [6.07, 6.45) is 8.78. The highest BCUT2D eigenvalue weighted by molar-refractivity contribution is 14.0. The van der Waals surface area contributed by atoms with Gasteiger partial charge >= 0.3 is 0 Å². The maximum absolute atomic E-state index is 6.08. The summed E-state index contributed by atoms with van der Waals surface area (Å²) in [7, 11) is 0. The highest BCUT2D eigenvalue weighted by atomic mass is 127. The van der Waals surface area contributed by atoms with Gasteiger partial charge in [0, 0.05) is 12.6 Å². The predicted molar refractivity (Wildman–Crippen MR) is 116 cm³/mol. The van der Waals surface area contributed by atoms with Crippen molar-refractivity contribution in [2.75, 3.05) is 19.6 Å². The smallest absolute Gasteiger partial charge is 0.208 e. The van der Waals surface area contributed by atoms with Gasteiger partial charge in [-0.2, -0.15) is 0 Å². The summed E-state index contributed by atoms with van der Waals surface area (Å²) in [5, 5.41) is 3.40. The van der Waals surface area contributed by atoms with E-state index in [4.69, 9.17) is 10.2 Å². The van der Waals surface area contributed by atoms with E-state index in [2.05, 4.69) is 20.2 Å². The van der Waals surface area contributed by atoms with Crippen molar-refractivity contribution < 1.29 is 4.42 Å². The minimum Gasteiger partial charge on any atom is -0.444 e. The van der Waals surface area contributed by atoms with E-state index in [1.165, 1.54) is 44.9 Å². The van der Waals surface area contributed by atoms with E-state index < -0.39 is 0 Å². The molecule has 0 bridgehead atoms. The number of oxazole rings is 1. The number of halogens is 1. The second-order valence-electron chi connectivity index (χ2n) is 7.67. The number of nitrogens with zero attached hydrogens (tertiary/aromatic N) is 3. The Morgan fingerprint density at radius 3 is 2.50 bits per heavy atom. The van der Waals surface area contributed by atoms with Gasteiger partial charge in [-0.1, -0.05) is 19.3 Å². The van der Waals surface area contributed by atoms with Crippen molar-refractivity contribution in [1.29, 1.82) is 0 Å². The van der Waals surface area contributed by atoms with Gasteiger partial charge in [0.25, 0.3) is 0 Å². The maximum Gasteiger partial charge on any atom is 0.208 e. The Morgan fingerprint density at radius 1 is 1.19 bits per heavy atom. The third kappa shape index (κ3) is 6.40. The number of piperidine rings is 1. The van der Waals surface area contributed by atoms with E-state index in [0.717, 1.165) is 43.5 Å². The van der Waals surface area contributed by atoms with Crippen molar-refractivity contribution in [3.8, 4) is 0 Å². The van der Waals surface area contributed by atoms with Gasteiger partial charge in [-0.3, -0.25) is 9.89 Å². The van der Waals surface area contributed by atoms with Crippen molar-refractivity contribution in [3.63, 3.8) is 0 Å². The summed E-state index contributed by atoms with van der Waals surface area (Å²) in [5.74, 6) is 3.05. The van der Waals surface area contributed by atoms with Crippen LogP contribution in [-0.4, -0.2) is 41.5 Å². The van der Waals surface area contributed by atoms with Crippen LogP contribution in [0.3, 0.4) is 0 Å². The van der Waals surface area contributed by atoms with Crippen LogP contribution in [0.4, 0.5) is 0 Å². The molecule has 3 rings (SSSR count). The van der Waals surface area contributed by atoms with Crippen LogP contribution >= 0.6 is 24.0 Å². The minimum absolute atomic E-state index is 0. The topological polar surface area (TPSA) is 79.7 Å². The van der Waals surface area contributed by atoms with Crippen LogP contribution in [0.15, 0.2) is 9.41 Å². The fourth-order valence-corrected chi connectivity index (χ4v) is 3.85. The summed E-state index contributed by atoms with van der Waals surface area (Å²) in [5.41, 5.74) is 7.08. The zero-order valence-electron chi connectivity index (χ0n) is 16.2. The molecule has 1 aliphatic heterocycles. The van der Waals surface area contributed by atoms with Crippen LogP contribution < -0.4 is 11.1 Å².